The number of likely N-dealkylation sites (N-methyl/N-ethyl adjacent to an activating group) is 1. The minimum Gasteiger partial charge on any atom is -0.388 e. The van der Waals surface area contributed by atoms with E-state index in [1.54, 1.807) is 7.05 Å². The molecule has 10 heavy (non-hydrogen) atoms. The molecule has 2 atom stereocenters. The molecule has 0 spiro atoms. The van der Waals surface area contributed by atoms with Crippen LogP contribution in [0.2, 0.25) is 0 Å². The van der Waals surface area contributed by atoms with E-state index in [2.05, 4.69) is 5.32 Å². The average Bonchev–Trinajstić information content (AvgIpc) is 1.87. The molecule has 2 unspecified atom stereocenters. The number of hydrogen-bond acceptors (Lipinski definition) is 2. The predicted octanol–water partition coefficient (Wildman–Crippen LogP) is -0.239. The second-order valence-corrected chi connectivity index (χ2v) is 2.96. The van der Waals surface area contributed by atoms with Gasteiger partial charge in [0.25, 0.3) is 0 Å². The van der Waals surface area contributed by atoms with Crippen molar-refractivity contribution >= 4 is 0 Å². The molecule has 59 valence electrons. The van der Waals surface area contributed by atoms with Crippen molar-refractivity contribution in [3.05, 3.63) is 0 Å². The number of nitrogens with zero attached hydrogens (tertiary/aromatic N) is 1. The lowest BCUT2D eigenvalue weighted by atomic mass is 9.92. The molecule has 0 aromatic rings. The molecular formula is C7H14NO2. The molecule has 1 saturated heterocycles. The summed E-state index contributed by atoms with van der Waals surface area (Å²) >= 11 is 0. The summed E-state index contributed by atoms with van der Waals surface area (Å²) < 4.78 is 5.15. The van der Waals surface area contributed by atoms with Crippen molar-refractivity contribution in [2.24, 2.45) is 0 Å². The molecule has 1 N–H and O–H groups in total. The first kappa shape index (κ1) is 7.98. The normalized spacial score (nSPS) is 41.7. The van der Waals surface area contributed by atoms with Crippen molar-refractivity contribution in [1.29, 1.82) is 0 Å². The summed E-state index contributed by atoms with van der Waals surface area (Å²) in [5, 5.41) is 13.7. The fraction of sp³-hybridized carbons (Fsp3) is 1.00. The molecule has 0 aromatic heterocycles. The molecule has 1 heterocycles. The maximum Gasteiger partial charge on any atom is 0.0832 e. The van der Waals surface area contributed by atoms with Gasteiger partial charge in [0.2, 0.25) is 0 Å². The van der Waals surface area contributed by atoms with Crippen LogP contribution in [0.3, 0.4) is 0 Å². The second kappa shape index (κ2) is 2.86. The Morgan fingerprint density at radius 1 is 1.70 bits per heavy atom. The summed E-state index contributed by atoms with van der Waals surface area (Å²) in [5.74, 6) is 0. The highest BCUT2D eigenvalue weighted by atomic mass is 16.5. The van der Waals surface area contributed by atoms with Crippen LogP contribution in [0.1, 0.15) is 13.3 Å². The zero-order valence-corrected chi connectivity index (χ0v) is 6.50. The maximum absolute atomic E-state index is 9.66. The molecule has 0 saturated carbocycles. The Hall–Kier alpha value is -0.120. The minimum absolute atomic E-state index is 0.0405. The van der Waals surface area contributed by atoms with Gasteiger partial charge in [0.1, 0.15) is 0 Å². The lowest BCUT2D eigenvalue weighted by Gasteiger charge is -2.35. The smallest absolute Gasteiger partial charge is 0.0832 e. The first-order valence-electron chi connectivity index (χ1n) is 3.56. The largest absolute Gasteiger partial charge is 0.388 e. The lowest BCUT2D eigenvalue weighted by molar-refractivity contribution is -0.0782. The summed E-state index contributed by atoms with van der Waals surface area (Å²) in [6.45, 7) is 3.02. The lowest BCUT2D eigenvalue weighted by Crippen LogP contribution is -2.51. The molecule has 1 aliphatic heterocycles. The zero-order chi connectivity index (χ0) is 7.61. The van der Waals surface area contributed by atoms with Gasteiger partial charge in [-0.05, 0) is 6.92 Å². The summed E-state index contributed by atoms with van der Waals surface area (Å²) in [5.41, 5.74) is -0.646. The Kier molecular flexibility index (Phi) is 2.28. The van der Waals surface area contributed by atoms with Crippen LogP contribution < -0.4 is 5.32 Å². The number of ether oxygens (including phenoxy) is 1. The van der Waals surface area contributed by atoms with Crippen molar-refractivity contribution in [1.82, 2.24) is 5.32 Å². The molecule has 0 bridgehead atoms. The number of rotatable bonds is 1. The van der Waals surface area contributed by atoms with Crippen molar-refractivity contribution < 1.29 is 9.84 Å². The van der Waals surface area contributed by atoms with Crippen molar-refractivity contribution in [3.8, 4) is 0 Å². The third-order valence-electron chi connectivity index (χ3n) is 2.06. The van der Waals surface area contributed by atoms with Gasteiger partial charge < -0.3 is 9.84 Å². The topological polar surface area (TPSA) is 43.6 Å². The van der Waals surface area contributed by atoms with Crippen LogP contribution >= 0.6 is 0 Å². The van der Waals surface area contributed by atoms with E-state index in [0.29, 0.717) is 19.6 Å². The first-order valence-corrected chi connectivity index (χ1v) is 3.56. The highest BCUT2D eigenvalue weighted by molar-refractivity contribution is 4.89. The second-order valence-electron chi connectivity index (χ2n) is 2.96. The highest BCUT2D eigenvalue weighted by Gasteiger charge is 2.34. The van der Waals surface area contributed by atoms with Crippen LogP contribution in [0.4, 0.5) is 0 Å². The third kappa shape index (κ3) is 1.48. The van der Waals surface area contributed by atoms with E-state index < -0.39 is 5.60 Å². The van der Waals surface area contributed by atoms with E-state index in [1.807, 2.05) is 6.92 Å². The summed E-state index contributed by atoms with van der Waals surface area (Å²) in [7, 11) is 1.72. The van der Waals surface area contributed by atoms with E-state index in [1.165, 1.54) is 0 Å². The Labute approximate surface area is 61.4 Å². The predicted molar refractivity (Wildman–Crippen MR) is 37.9 cm³/mol. The SMILES string of the molecule is C[N]C1COCCC1(C)O. The van der Waals surface area contributed by atoms with Crippen molar-refractivity contribution in [2.75, 3.05) is 20.3 Å². The molecule has 3 heteroatoms. The van der Waals surface area contributed by atoms with Gasteiger partial charge in [-0.2, -0.15) is 0 Å². The Morgan fingerprint density at radius 2 is 2.40 bits per heavy atom. The number of aliphatic hydroxyl groups is 1. The van der Waals surface area contributed by atoms with Crippen LogP contribution in [0.15, 0.2) is 0 Å². The zero-order valence-electron chi connectivity index (χ0n) is 6.50. The van der Waals surface area contributed by atoms with E-state index in [9.17, 15) is 5.11 Å². The Bertz CT molecular complexity index is 114. The van der Waals surface area contributed by atoms with Gasteiger partial charge in [0.15, 0.2) is 0 Å². The molecule has 1 fully saturated rings. The van der Waals surface area contributed by atoms with E-state index in [0.717, 1.165) is 0 Å². The average molecular weight is 144 g/mol. The van der Waals surface area contributed by atoms with E-state index in [-0.39, 0.29) is 6.04 Å². The Balaban J connectivity index is 2.51. The van der Waals surface area contributed by atoms with Gasteiger partial charge in [-0.1, -0.05) is 0 Å². The van der Waals surface area contributed by atoms with E-state index in [4.69, 9.17) is 4.74 Å². The summed E-state index contributed by atoms with van der Waals surface area (Å²) in [6.07, 6.45) is 0.689. The van der Waals surface area contributed by atoms with Crippen molar-refractivity contribution in [3.63, 3.8) is 0 Å². The summed E-state index contributed by atoms with van der Waals surface area (Å²) in [4.78, 5) is 0. The minimum atomic E-state index is -0.646. The van der Waals surface area contributed by atoms with Crippen molar-refractivity contribution in [2.45, 2.75) is 25.0 Å². The first-order chi connectivity index (χ1) is 4.67. The van der Waals surface area contributed by atoms with Gasteiger partial charge >= 0.3 is 0 Å². The van der Waals surface area contributed by atoms with Gasteiger partial charge in [-0.25, -0.2) is 5.32 Å². The van der Waals surface area contributed by atoms with Gasteiger partial charge in [-0.3, -0.25) is 0 Å². The van der Waals surface area contributed by atoms with Crippen LogP contribution in [0.5, 0.6) is 0 Å². The summed E-state index contributed by atoms with van der Waals surface area (Å²) in [6, 6.07) is -0.0405. The van der Waals surface area contributed by atoms with Gasteiger partial charge in [0.05, 0.1) is 18.2 Å². The number of hydrogen-bond donors (Lipinski definition) is 1. The monoisotopic (exact) mass is 144 g/mol. The van der Waals surface area contributed by atoms with Crippen LogP contribution in [-0.4, -0.2) is 37.0 Å². The molecule has 1 aliphatic rings. The highest BCUT2D eigenvalue weighted by Crippen LogP contribution is 2.19. The van der Waals surface area contributed by atoms with Crippen LogP contribution in [-0.2, 0) is 4.74 Å². The fourth-order valence-corrected chi connectivity index (χ4v) is 1.17. The maximum atomic E-state index is 9.66. The Morgan fingerprint density at radius 3 is 2.80 bits per heavy atom. The molecule has 0 amide bonds. The molecule has 1 radical (unpaired) electrons. The standard InChI is InChI=1S/C7H14NO2/c1-7(9)3-4-10-5-6(7)8-2/h6,9H,3-5H2,1-2H3. The van der Waals surface area contributed by atoms with E-state index >= 15 is 0 Å². The molecule has 0 aliphatic carbocycles. The third-order valence-corrected chi connectivity index (χ3v) is 2.06. The van der Waals surface area contributed by atoms with Crippen LogP contribution in [0.25, 0.3) is 0 Å². The molecule has 0 aromatic carbocycles. The quantitative estimate of drug-likeness (QED) is 0.552. The fourth-order valence-electron chi connectivity index (χ4n) is 1.17. The van der Waals surface area contributed by atoms with Crippen LogP contribution in [0, 0.1) is 0 Å². The molecule has 3 nitrogen and oxygen atoms in total. The van der Waals surface area contributed by atoms with Gasteiger partial charge in [0, 0.05) is 20.1 Å². The van der Waals surface area contributed by atoms with Gasteiger partial charge in [-0.15, -0.1) is 0 Å². The molecule has 1 rings (SSSR count). The molecular weight excluding hydrogens is 130 g/mol.